The van der Waals surface area contributed by atoms with Crippen molar-refractivity contribution in [1.82, 2.24) is 4.57 Å². The number of fused-ring (bicyclic) bond motifs is 3. The highest BCUT2D eigenvalue weighted by atomic mass is 16.1. The third kappa shape index (κ3) is 3.28. The van der Waals surface area contributed by atoms with Gasteiger partial charge >= 0.3 is 0 Å². The predicted octanol–water partition coefficient (Wildman–Crippen LogP) is 4.97. The number of hydrogen-bond acceptors (Lipinski definition) is 2. The first-order chi connectivity index (χ1) is 15.1. The Morgan fingerprint density at radius 2 is 1.48 bits per heavy atom. The second-order valence-electron chi connectivity index (χ2n) is 7.47. The van der Waals surface area contributed by atoms with E-state index < -0.39 is 5.91 Å². The normalized spacial score (nSPS) is 11.1. The lowest BCUT2D eigenvalue weighted by atomic mass is 10.0. The Balaban J connectivity index is 1.56. The molecule has 0 aliphatic heterocycles. The molecule has 0 aliphatic rings. The molecule has 0 atom stereocenters. The Labute approximate surface area is 179 Å². The number of amides is 1. The minimum atomic E-state index is -0.453. The molecule has 0 fully saturated rings. The maximum atomic E-state index is 12.7. The molecular weight excluding hydrogens is 384 g/mol. The molecule has 0 bridgehead atoms. The number of benzene rings is 4. The zero-order valence-corrected chi connectivity index (χ0v) is 16.7. The van der Waals surface area contributed by atoms with E-state index >= 15 is 0 Å². The van der Waals surface area contributed by atoms with Crippen LogP contribution >= 0.6 is 0 Å². The van der Waals surface area contributed by atoms with E-state index in [1.54, 1.807) is 6.07 Å². The van der Waals surface area contributed by atoms with Crippen molar-refractivity contribution in [1.29, 1.82) is 0 Å². The smallest absolute Gasteiger partial charge is 0.249 e. The second-order valence-corrected chi connectivity index (χ2v) is 7.47. The molecule has 4 aromatic carbocycles. The van der Waals surface area contributed by atoms with Gasteiger partial charge < -0.3 is 10.3 Å². The molecule has 0 aliphatic carbocycles. The Bertz CT molecular complexity index is 1430. The van der Waals surface area contributed by atoms with Crippen molar-refractivity contribution in [3.63, 3.8) is 0 Å². The molecule has 0 saturated carbocycles. The molecule has 4 nitrogen and oxygen atoms in total. The van der Waals surface area contributed by atoms with Crippen molar-refractivity contribution in [2.75, 3.05) is 0 Å². The standard InChI is InChI=1S/C27H19N2O2/c28-27(31)22-10-6-12-24-25(22)21-9-4-5-11-23(21)29(24)17-18-13-15-20(16-14-18)26(30)19-7-2-1-3-8-19/h1-8,10-16H,17H2,(H2,28,31). The van der Waals surface area contributed by atoms with Gasteiger partial charge in [0.25, 0.3) is 0 Å². The SMILES string of the molecule is NC(=O)c1cccc2c1c1[c]cccc1n2Cc1ccc(C(=O)c2ccccc2)cc1. The number of ketones is 1. The average Bonchev–Trinajstić information content (AvgIpc) is 3.13. The maximum absolute atomic E-state index is 12.7. The number of nitrogens with two attached hydrogens (primary N) is 1. The number of carbonyl (C=O) groups excluding carboxylic acids is 2. The highest BCUT2D eigenvalue weighted by Gasteiger charge is 2.16. The number of primary amides is 1. The van der Waals surface area contributed by atoms with Crippen molar-refractivity contribution >= 4 is 33.5 Å². The molecule has 1 radical (unpaired) electrons. The molecular formula is C27H19N2O2. The fourth-order valence-electron chi connectivity index (χ4n) is 4.09. The minimum Gasteiger partial charge on any atom is -0.366 e. The Kier molecular flexibility index (Phi) is 4.60. The molecule has 2 N–H and O–H groups in total. The summed E-state index contributed by atoms with van der Waals surface area (Å²) < 4.78 is 2.15. The van der Waals surface area contributed by atoms with Crippen molar-refractivity contribution in [3.8, 4) is 0 Å². The van der Waals surface area contributed by atoms with Gasteiger partial charge in [-0.3, -0.25) is 9.59 Å². The fraction of sp³-hybridized carbons (Fsp3) is 0.0370. The molecule has 1 amide bonds. The van der Waals surface area contributed by atoms with E-state index in [0.717, 1.165) is 27.4 Å². The van der Waals surface area contributed by atoms with Crippen molar-refractivity contribution in [2.45, 2.75) is 6.54 Å². The number of nitrogens with zero attached hydrogens (tertiary/aromatic N) is 1. The van der Waals surface area contributed by atoms with Gasteiger partial charge in [0.2, 0.25) is 5.91 Å². The van der Waals surface area contributed by atoms with E-state index in [1.165, 1.54) is 0 Å². The van der Waals surface area contributed by atoms with Crippen LogP contribution in [0, 0.1) is 6.07 Å². The first-order valence-corrected chi connectivity index (χ1v) is 10.0. The Morgan fingerprint density at radius 3 is 2.23 bits per heavy atom. The lowest BCUT2D eigenvalue weighted by Gasteiger charge is -2.09. The number of hydrogen-bond donors (Lipinski definition) is 1. The van der Waals surface area contributed by atoms with Crippen molar-refractivity contribution < 1.29 is 9.59 Å². The molecule has 5 aromatic rings. The Morgan fingerprint density at radius 1 is 0.774 bits per heavy atom. The largest absolute Gasteiger partial charge is 0.366 e. The van der Waals surface area contributed by atoms with E-state index in [4.69, 9.17) is 5.73 Å². The third-order valence-corrected chi connectivity index (χ3v) is 5.57. The van der Waals surface area contributed by atoms with Gasteiger partial charge in [-0.2, -0.15) is 0 Å². The lowest BCUT2D eigenvalue weighted by molar-refractivity contribution is 0.1000. The van der Waals surface area contributed by atoms with Crippen LogP contribution in [0.25, 0.3) is 21.8 Å². The second kappa shape index (κ2) is 7.58. The van der Waals surface area contributed by atoms with Crippen LogP contribution in [0.2, 0.25) is 0 Å². The summed E-state index contributed by atoms with van der Waals surface area (Å²) >= 11 is 0. The molecule has 4 heteroatoms. The van der Waals surface area contributed by atoms with Crippen molar-refractivity contribution in [3.05, 3.63) is 119 Å². The van der Waals surface area contributed by atoms with Gasteiger partial charge in [-0.25, -0.2) is 0 Å². The number of rotatable bonds is 5. The van der Waals surface area contributed by atoms with E-state index in [2.05, 4.69) is 10.6 Å². The zero-order chi connectivity index (χ0) is 21.4. The molecule has 31 heavy (non-hydrogen) atoms. The maximum Gasteiger partial charge on any atom is 0.249 e. The zero-order valence-electron chi connectivity index (χ0n) is 16.7. The fourth-order valence-corrected chi connectivity index (χ4v) is 4.09. The molecule has 0 saturated heterocycles. The molecule has 1 heterocycles. The van der Waals surface area contributed by atoms with Gasteiger partial charge in [0, 0.05) is 34.0 Å². The first kappa shape index (κ1) is 18.8. The summed E-state index contributed by atoms with van der Waals surface area (Å²) in [4.78, 5) is 24.7. The molecule has 0 spiro atoms. The summed E-state index contributed by atoms with van der Waals surface area (Å²) in [5.74, 6) is -0.449. The van der Waals surface area contributed by atoms with Crippen LogP contribution in [-0.4, -0.2) is 16.3 Å². The third-order valence-electron chi connectivity index (χ3n) is 5.57. The Hall–Kier alpha value is -4.18. The first-order valence-electron chi connectivity index (χ1n) is 10.0. The van der Waals surface area contributed by atoms with Gasteiger partial charge in [-0.15, -0.1) is 0 Å². The van der Waals surface area contributed by atoms with Gasteiger partial charge in [0.1, 0.15) is 0 Å². The van der Waals surface area contributed by atoms with Gasteiger partial charge in [-0.1, -0.05) is 72.8 Å². The summed E-state index contributed by atoms with van der Waals surface area (Å²) in [6, 6.07) is 31.6. The molecule has 1 aromatic heterocycles. The van der Waals surface area contributed by atoms with Crippen LogP contribution in [0.5, 0.6) is 0 Å². The summed E-state index contributed by atoms with van der Waals surface area (Å²) in [7, 11) is 0. The summed E-state index contributed by atoms with van der Waals surface area (Å²) in [6.07, 6.45) is 0. The van der Waals surface area contributed by atoms with Crippen LogP contribution in [0.4, 0.5) is 0 Å². The minimum absolute atomic E-state index is 0.00436. The number of carbonyl (C=O) groups is 2. The van der Waals surface area contributed by atoms with E-state index in [-0.39, 0.29) is 5.78 Å². The predicted molar refractivity (Wildman–Crippen MR) is 122 cm³/mol. The van der Waals surface area contributed by atoms with Crippen LogP contribution in [0.1, 0.15) is 31.8 Å². The van der Waals surface area contributed by atoms with Crippen LogP contribution < -0.4 is 5.73 Å². The van der Waals surface area contributed by atoms with E-state index in [1.807, 2.05) is 84.9 Å². The lowest BCUT2D eigenvalue weighted by Crippen LogP contribution is -2.11. The summed E-state index contributed by atoms with van der Waals surface area (Å²) in [5.41, 5.74) is 10.4. The highest BCUT2D eigenvalue weighted by molar-refractivity contribution is 6.17. The van der Waals surface area contributed by atoms with Gasteiger partial charge in [-0.05, 0) is 29.8 Å². The quantitative estimate of drug-likeness (QED) is 0.421. The average molecular weight is 403 g/mol. The van der Waals surface area contributed by atoms with E-state index in [9.17, 15) is 9.59 Å². The molecule has 5 rings (SSSR count). The van der Waals surface area contributed by atoms with E-state index in [0.29, 0.717) is 23.2 Å². The molecule has 0 unspecified atom stereocenters. The monoisotopic (exact) mass is 403 g/mol. The van der Waals surface area contributed by atoms with Crippen LogP contribution in [-0.2, 0) is 6.54 Å². The van der Waals surface area contributed by atoms with Crippen LogP contribution in [0.3, 0.4) is 0 Å². The highest BCUT2D eigenvalue weighted by Crippen LogP contribution is 2.32. The summed E-state index contributed by atoms with van der Waals surface area (Å²) in [5, 5.41) is 1.70. The topological polar surface area (TPSA) is 65.1 Å². The number of aromatic nitrogens is 1. The van der Waals surface area contributed by atoms with Crippen LogP contribution in [0.15, 0.2) is 91.0 Å². The molecule has 149 valence electrons. The van der Waals surface area contributed by atoms with Gasteiger partial charge in [0.05, 0.1) is 11.0 Å². The van der Waals surface area contributed by atoms with Crippen molar-refractivity contribution in [2.24, 2.45) is 5.73 Å². The van der Waals surface area contributed by atoms with Gasteiger partial charge in [0.15, 0.2) is 5.78 Å². The summed E-state index contributed by atoms with van der Waals surface area (Å²) in [6.45, 7) is 0.597.